The molecule has 0 bridgehead atoms. The molecule has 29 heavy (non-hydrogen) atoms. The van der Waals surface area contributed by atoms with E-state index in [1.807, 2.05) is 26.0 Å². The maximum absolute atomic E-state index is 12.4. The zero-order chi connectivity index (χ0) is 21.2. The predicted molar refractivity (Wildman–Crippen MR) is 109 cm³/mol. The summed E-state index contributed by atoms with van der Waals surface area (Å²) >= 11 is 0. The number of aryl methyl sites for hydroxylation is 2. The summed E-state index contributed by atoms with van der Waals surface area (Å²) < 4.78 is 30.3. The van der Waals surface area contributed by atoms with Crippen LogP contribution < -0.4 is 15.5 Å². The van der Waals surface area contributed by atoms with Crippen molar-refractivity contribution >= 4 is 21.7 Å². The number of hydrogen-bond acceptors (Lipinski definition) is 5. The third-order valence-corrected chi connectivity index (χ3v) is 6.63. The SMILES string of the molecule is Cc1ccc(C)n1NC(=O)c1ccc(O[C@H](C)C(=O)N[C@@H]2CCS(=O)(=O)C2)cc1. The number of benzene rings is 1. The molecule has 8 nitrogen and oxygen atoms in total. The highest BCUT2D eigenvalue weighted by atomic mass is 32.2. The van der Waals surface area contributed by atoms with Gasteiger partial charge in [0.2, 0.25) is 0 Å². The zero-order valence-corrected chi connectivity index (χ0v) is 17.5. The molecule has 0 saturated carbocycles. The Morgan fingerprint density at radius 1 is 1.10 bits per heavy atom. The van der Waals surface area contributed by atoms with E-state index in [9.17, 15) is 18.0 Å². The van der Waals surface area contributed by atoms with Crippen LogP contribution in [0.1, 0.15) is 35.1 Å². The van der Waals surface area contributed by atoms with Gasteiger partial charge in [0.1, 0.15) is 5.75 Å². The fourth-order valence-corrected chi connectivity index (χ4v) is 4.85. The molecule has 1 aromatic carbocycles. The Labute approximate surface area is 170 Å². The van der Waals surface area contributed by atoms with Gasteiger partial charge in [0.25, 0.3) is 11.8 Å². The van der Waals surface area contributed by atoms with Crippen LogP contribution in [-0.2, 0) is 14.6 Å². The monoisotopic (exact) mass is 419 g/mol. The van der Waals surface area contributed by atoms with Gasteiger partial charge in [-0.05, 0) is 63.6 Å². The minimum Gasteiger partial charge on any atom is -0.481 e. The van der Waals surface area contributed by atoms with Crippen LogP contribution >= 0.6 is 0 Å². The molecule has 1 aromatic heterocycles. The summed E-state index contributed by atoms with van der Waals surface area (Å²) in [5.41, 5.74) is 5.12. The van der Waals surface area contributed by atoms with Crippen LogP contribution in [0.4, 0.5) is 0 Å². The number of amides is 2. The molecule has 0 aliphatic carbocycles. The highest BCUT2D eigenvalue weighted by molar-refractivity contribution is 7.91. The number of hydrogen-bond donors (Lipinski definition) is 2. The summed E-state index contributed by atoms with van der Waals surface area (Å²) in [5, 5.41) is 2.71. The lowest BCUT2D eigenvalue weighted by atomic mass is 10.2. The molecule has 0 radical (unpaired) electrons. The van der Waals surface area contributed by atoms with E-state index >= 15 is 0 Å². The van der Waals surface area contributed by atoms with Gasteiger partial charge in [-0.25, -0.2) is 8.42 Å². The van der Waals surface area contributed by atoms with Crippen molar-refractivity contribution in [2.75, 3.05) is 16.9 Å². The standard InChI is InChI=1S/C20H25N3O5S/c1-13-4-5-14(2)23(13)22-20(25)16-6-8-18(9-7-16)28-15(3)19(24)21-17-10-11-29(26,27)12-17/h4-9,15,17H,10-12H2,1-3H3,(H,21,24)(H,22,25)/t15-,17-/m1/s1. The molecule has 2 N–H and O–H groups in total. The van der Waals surface area contributed by atoms with Crippen molar-refractivity contribution < 1.29 is 22.7 Å². The lowest BCUT2D eigenvalue weighted by Crippen LogP contribution is -2.43. The molecule has 1 fully saturated rings. The van der Waals surface area contributed by atoms with E-state index in [0.717, 1.165) is 11.4 Å². The van der Waals surface area contributed by atoms with Crippen LogP contribution in [0.3, 0.4) is 0 Å². The van der Waals surface area contributed by atoms with E-state index in [-0.39, 0.29) is 29.4 Å². The van der Waals surface area contributed by atoms with Crippen LogP contribution in [0.25, 0.3) is 0 Å². The van der Waals surface area contributed by atoms with Gasteiger partial charge in [-0.1, -0.05) is 0 Å². The maximum atomic E-state index is 12.4. The van der Waals surface area contributed by atoms with Gasteiger partial charge in [-0.2, -0.15) is 0 Å². The molecule has 9 heteroatoms. The number of carbonyl (C=O) groups excluding carboxylic acids is 2. The van der Waals surface area contributed by atoms with Crippen molar-refractivity contribution in [1.82, 2.24) is 9.99 Å². The lowest BCUT2D eigenvalue weighted by molar-refractivity contribution is -0.127. The van der Waals surface area contributed by atoms with Crippen molar-refractivity contribution in [2.45, 2.75) is 39.3 Å². The fraction of sp³-hybridized carbons (Fsp3) is 0.400. The van der Waals surface area contributed by atoms with E-state index in [0.29, 0.717) is 17.7 Å². The fourth-order valence-electron chi connectivity index (χ4n) is 3.18. The largest absolute Gasteiger partial charge is 0.481 e. The van der Waals surface area contributed by atoms with Crippen LogP contribution in [-0.4, -0.2) is 48.6 Å². The molecular weight excluding hydrogens is 394 g/mol. The highest BCUT2D eigenvalue weighted by Gasteiger charge is 2.30. The molecule has 156 valence electrons. The van der Waals surface area contributed by atoms with Gasteiger partial charge < -0.3 is 10.1 Å². The smallest absolute Gasteiger partial charge is 0.270 e. The molecule has 2 atom stereocenters. The average Bonchev–Trinajstić information content (AvgIpc) is 3.17. The minimum absolute atomic E-state index is 0.0321. The molecule has 3 rings (SSSR count). The summed E-state index contributed by atoms with van der Waals surface area (Å²) in [4.78, 5) is 24.7. The van der Waals surface area contributed by atoms with E-state index in [1.165, 1.54) is 0 Å². The van der Waals surface area contributed by atoms with E-state index in [2.05, 4.69) is 10.7 Å². The van der Waals surface area contributed by atoms with Crippen LogP contribution in [0.15, 0.2) is 36.4 Å². The summed E-state index contributed by atoms with van der Waals surface area (Å²) in [6.45, 7) is 5.40. The molecule has 2 amide bonds. The molecule has 1 aliphatic rings. The van der Waals surface area contributed by atoms with Gasteiger partial charge >= 0.3 is 0 Å². The summed E-state index contributed by atoms with van der Waals surface area (Å²) in [5.74, 6) is -0.120. The Hall–Kier alpha value is -2.81. The second-order valence-electron chi connectivity index (χ2n) is 7.29. The van der Waals surface area contributed by atoms with Crippen LogP contribution in [0, 0.1) is 13.8 Å². The lowest BCUT2D eigenvalue weighted by Gasteiger charge is -2.17. The normalized spacial score (nSPS) is 18.8. The summed E-state index contributed by atoms with van der Waals surface area (Å²) in [6.07, 6.45) is -0.367. The van der Waals surface area contributed by atoms with Crippen molar-refractivity contribution in [3.8, 4) is 5.75 Å². The van der Waals surface area contributed by atoms with Crippen molar-refractivity contribution in [1.29, 1.82) is 0 Å². The first-order valence-electron chi connectivity index (χ1n) is 9.38. The number of rotatable bonds is 6. The molecule has 1 saturated heterocycles. The average molecular weight is 420 g/mol. The Balaban J connectivity index is 1.55. The first-order chi connectivity index (χ1) is 13.6. The van der Waals surface area contributed by atoms with Crippen LogP contribution in [0.2, 0.25) is 0 Å². The predicted octanol–water partition coefficient (Wildman–Crippen LogP) is 1.56. The van der Waals surface area contributed by atoms with E-state index in [1.54, 1.807) is 35.9 Å². The first-order valence-corrected chi connectivity index (χ1v) is 11.2. The van der Waals surface area contributed by atoms with E-state index in [4.69, 9.17) is 4.74 Å². The number of nitrogens with zero attached hydrogens (tertiary/aromatic N) is 1. The van der Waals surface area contributed by atoms with Crippen LogP contribution in [0.5, 0.6) is 5.75 Å². The van der Waals surface area contributed by atoms with Crippen molar-refractivity contribution in [2.24, 2.45) is 0 Å². The molecular formula is C20H25N3O5S. The van der Waals surface area contributed by atoms with Gasteiger partial charge in [0, 0.05) is 23.0 Å². The van der Waals surface area contributed by atoms with E-state index < -0.39 is 15.9 Å². The zero-order valence-electron chi connectivity index (χ0n) is 16.6. The maximum Gasteiger partial charge on any atom is 0.270 e. The molecule has 0 unspecified atom stereocenters. The highest BCUT2D eigenvalue weighted by Crippen LogP contribution is 2.16. The van der Waals surface area contributed by atoms with Crippen molar-refractivity contribution in [3.05, 3.63) is 53.3 Å². The molecule has 1 aliphatic heterocycles. The Morgan fingerprint density at radius 3 is 2.28 bits per heavy atom. The number of aromatic nitrogens is 1. The molecule has 0 spiro atoms. The second kappa shape index (κ2) is 8.28. The van der Waals surface area contributed by atoms with Gasteiger partial charge in [0.15, 0.2) is 15.9 Å². The number of sulfone groups is 1. The van der Waals surface area contributed by atoms with Gasteiger partial charge in [-0.15, -0.1) is 0 Å². The molecule has 2 aromatic rings. The quantitative estimate of drug-likeness (QED) is 0.739. The number of ether oxygens (including phenoxy) is 1. The second-order valence-corrected chi connectivity index (χ2v) is 9.51. The van der Waals surface area contributed by atoms with Gasteiger partial charge in [-0.3, -0.25) is 19.7 Å². The Bertz CT molecular complexity index is 992. The Kier molecular flexibility index (Phi) is 5.97. The first kappa shape index (κ1) is 20.9. The summed E-state index contributed by atoms with van der Waals surface area (Å²) in [6, 6.07) is 9.94. The van der Waals surface area contributed by atoms with Crippen molar-refractivity contribution in [3.63, 3.8) is 0 Å². The molecule has 2 heterocycles. The number of carbonyl (C=O) groups is 2. The third kappa shape index (κ3) is 5.17. The number of nitrogens with one attached hydrogen (secondary N) is 2. The minimum atomic E-state index is -3.06. The third-order valence-electron chi connectivity index (χ3n) is 4.86. The van der Waals surface area contributed by atoms with Gasteiger partial charge in [0.05, 0.1) is 11.5 Å². The summed E-state index contributed by atoms with van der Waals surface area (Å²) in [7, 11) is -3.06. The topological polar surface area (TPSA) is 106 Å². The Morgan fingerprint density at radius 2 is 1.72 bits per heavy atom.